The summed E-state index contributed by atoms with van der Waals surface area (Å²) in [7, 11) is 0. The first-order valence-corrected chi connectivity index (χ1v) is 10.5. The van der Waals surface area contributed by atoms with Crippen molar-refractivity contribution >= 4 is 17.5 Å². The van der Waals surface area contributed by atoms with Crippen LogP contribution in [0, 0.1) is 17.3 Å². The van der Waals surface area contributed by atoms with Gasteiger partial charge in [0, 0.05) is 30.6 Å². The Kier molecular flexibility index (Phi) is 4.61. The summed E-state index contributed by atoms with van der Waals surface area (Å²) in [4.78, 5) is 15.5. The second-order valence-electron chi connectivity index (χ2n) is 9.66. The Morgan fingerprint density at radius 3 is 2.36 bits per heavy atom. The van der Waals surface area contributed by atoms with Gasteiger partial charge in [-0.15, -0.1) is 11.6 Å². The second kappa shape index (κ2) is 6.38. The number of nitrogens with one attached hydrogen (secondary N) is 1. The van der Waals surface area contributed by atoms with E-state index in [2.05, 4.69) is 31.0 Å². The Morgan fingerprint density at radius 1 is 1.20 bits per heavy atom. The number of alkyl halides is 1. The smallest absolute Gasteiger partial charge is 0.226 e. The van der Waals surface area contributed by atoms with Crippen molar-refractivity contribution in [2.75, 3.05) is 19.6 Å². The molecule has 4 saturated carbocycles. The fourth-order valence-electron chi connectivity index (χ4n) is 6.55. The number of carbonyl (C=O) groups excluding carboxylic acids is 1. The number of rotatable bonds is 4. The van der Waals surface area contributed by atoms with E-state index in [1.165, 1.54) is 6.42 Å². The van der Waals surface area contributed by atoms with Gasteiger partial charge in [0.25, 0.3) is 0 Å². The number of ether oxygens (including phenoxy) is 1. The van der Waals surface area contributed by atoms with Gasteiger partial charge in [0.15, 0.2) is 0 Å². The molecule has 4 bridgehead atoms. The highest BCUT2D eigenvalue weighted by atomic mass is 35.5. The SMILES string of the molecule is C[C@@H]1CN([C@H](C)CNC(=O)C23C[C@H]4C[C@@H](CC(Cl)(C4)C2)C3)C[C@@H](C)O1. The van der Waals surface area contributed by atoms with E-state index < -0.39 is 0 Å². The molecule has 1 heterocycles. The summed E-state index contributed by atoms with van der Waals surface area (Å²) in [5.74, 6) is 1.61. The predicted octanol–water partition coefficient (Wildman–Crippen LogP) is 3.18. The zero-order valence-electron chi connectivity index (χ0n) is 15.9. The Bertz CT molecular complexity index is 516. The van der Waals surface area contributed by atoms with Crippen LogP contribution in [-0.2, 0) is 9.53 Å². The molecular weight excluding hydrogens is 336 g/mol. The number of halogens is 1. The number of nitrogens with zero attached hydrogens (tertiary/aromatic N) is 1. The molecule has 5 aliphatic rings. The van der Waals surface area contributed by atoms with Crippen molar-refractivity contribution in [3.05, 3.63) is 0 Å². The molecule has 0 radical (unpaired) electrons. The standard InChI is InChI=1S/C20H33ClN2O2/c1-13(23-10-14(2)25-15(3)11-23)9-22-18(24)19-5-16-4-17(6-19)8-20(21,7-16)12-19/h13-17H,4-12H2,1-3H3,(H,22,24)/t13-,14-,15-,16-,17-,19?,20?/m1/s1. The first kappa shape index (κ1) is 18.1. The number of hydrogen-bond donors (Lipinski definition) is 1. The van der Waals surface area contributed by atoms with Gasteiger partial charge >= 0.3 is 0 Å². The van der Waals surface area contributed by atoms with Crippen LogP contribution < -0.4 is 5.32 Å². The zero-order valence-corrected chi connectivity index (χ0v) is 16.6. The van der Waals surface area contributed by atoms with E-state index in [4.69, 9.17) is 16.3 Å². The maximum atomic E-state index is 13.1. The third-order valence-electron chi connectivity index (χ3n) is 7.10. The maximum Gasteiger partial charge on any atom is 0.226 e. The normalized spacial score (nSPS) is 47.7. The topological polar surface area (TPSA) is 41.6 Å². The average molecular weight is 369 g/mol. The van der Waals surface area contributed by atoms with Gasteiger partial charge in [-0.2, -0.15) is 0 Å². The van der Waals surface area contributed by atoms with Gasteiger partial charge in [0.05, 0.1) is 17.6 Å². The lowest BCUT2D eigenvalue weighted by atomic mass is 9.49. The second-order valence-corrected chi connectivity index (χ2v) is 10.5. The van der Waals surface area contributed by atoms with Gasteiger partial charge in [-0.25, -0.2) is 0 Å². The lowest BCUT2D eigenvalue weighted by Crippen LogP contribution is -2.59. The lowest BCUT2D eigenvalue weighted by molar-refractivity contribution is -0.145. The molecule has 0 aromatic carbocycles. The van der Waals surface area contributed by atoms with Crippen LogP contribution >= 0.6 is 11.6 Å². The third-order valence-corrected chi connectivity index (χ3v) is 7.54. The van der Waals surface area contributed by atoms with Crippen LogP contribution in [0.4, 0.5) is 0 Å². The van der Waals surface area contributed by atoms with Crippen molar-refractivity contribution in [2.24, 2.45) is 17.3 Å². The summed E-state index contributed by atoms with van der Waals surface area (Å²) in [6.45, 7) is 9.09. The van der Waals surface area contributed by atoms with Crippen LogP contribution in [0.3, 0.4) is 0 Å². The molecule has 4 nitrogen and oxygen atoms in total. The van der Waals surface area contributed by atoms with Crippen molar-refractivity contribution < 1.29 is 9.53 Å². The van der Waals surface area contributed by atoms with E-state index in [0.717, 1.165) is 51.7 Å². The number of carbonyl (C=O) groups is 1. The zero-order chi connectivity index (χ0) is 17.8. The largest absolute Gasteiger partial charge is 0.373 e. The van der Waals surface area contributed by atoms with Gasteiger partial charge in [0.2, 0.25) is 5.91 Å². The summed E-state index contributed by atoms with van der Waals surface area (Å²) in [6, 6.07) is 0.344. The minimum Gasteiger partial charge on any atom is -0.373 e. The van der Waals surface area contributed by atoms with Crippen LogP contribution in [0.2, 0.25) is 0 Å². The van der Waals surface area contributed by atoms with E-state index >= 15 is 0 Å². The molecule has 142 valence electrons. The van der Waals surface area contributed by atoms with Gasteiger partial charge in [-0.3, -0.25) is 9.69 Å². The molecule has 0 unspecified atom stereocenters. The Hall–Kier alpha value is -0.320. The molecule has 5 heteroatoms. The molecule has 1 N–H and O–H groups in total. The van der Waals surface area contributed by atoms with E-state index in [1.54, 1.807) is 0 Å². The van der Waals surface area contributed by atoms with Crippen molar-refractivity contribution in [3.8, 4) is 0 Å². The molecule has 0 aromatic heterocycles. The van der Waals surface area contributed by atoms with Gasteiger partial charge in [-0.1, -0.05) is 0 Å². The van der Waals surface area contributed by atoms with E-state index in [0.29, 0.717) is 17.9 Å². The van der Waals surface area contributed by atoms with Crippen LogP contribution in [0.1, 0.15) is 59.3 Å². The van der Waals surface area contributed by atoms with Crippen LogP contribution in [0.15, 0.2) is 0 Å². The maximum absolute atomic E-state index is 13.1. The molecule has 25 heavy (non-hydrogen) atoms. The monoisotopic (exact) mass is 368 g/mol. The van der Waals surface area contributed by atoms with E-state index in [1.807, 2.05) is 0 Å². The highest BCUT2D eigenvalue weighted by Gasteiger charge is 2.60. The average Bonchev–Trinajstić information content (AvgIpc) is 2.48. The molecule has 1 saturated heterocycles. The van der Waals surface area contributed by atoms with Crippen molar-refractivity contribution in [3.63, 3.8) is 0 Å². The predicted molar refractivity (Wildman–Crippen MR) is 99.8 cm³/mol. The molecular formula is C20H33ClN2O2. The van der Waals surface area contributed by atoms with E-state index in [-0.39, 0.29) is 28.4 Å². The fraction of sp³-hybridized carbons (Fsp3) is 0.950. The molecule has 0 aromatic rings. The molecule has 4 aliphatic carbocycles. The quantitative estimate of drug-likeness (QED) is 0.775. The van der Waals surface area contributed by atoms with Crippen molar-refractivity contribution in [2.45, 2.75) is 82.4 Å². The molecule has 5 atom stereocenters. The van der Waals surface area contributed by atoms with E-state index in [9.17, 15) is 4.79 Å². The molecule has 1 amide bonds. The molecule has 5 rings (SSSR count). The Labute approximate surface area is 157 Å². The van der Waals surface area contributed by atoms with Gasteiger partial charge in [0.1, 0.15) is 0 Å². The van der Waals surface area contributed by atoms with Crippen molar-refractivity contribution in [1.29, 1.82) is 0 Å². The van der Waals surface area contributed by atoms with Crippen LogP contribution in [0.5, 0.6) is 0 Å². The molecule has 5 fully saturated rings. The number of hydrogen-bond acceptors (Lipinski definition) is 3. The number of amides is 1. The van der Waals surface area contributed by atoms with Crippen molar-refractivity contribution in [1.82, 2.24) is 10.2 Å². The minimum atomic E-state index is -0.183. The van der Waals surface area contributed by atoms with Gasteiger partial charge < -0.3 is 10.1 Å². The minimum absolute atomic E-state index is 0.0951. The lowest BCUT2D eigenvalue weighted by Gasteiger charge is -2.59. The first-order chi connectivity index (χ1) is 11.8. The summed E-state index contributed by atoms with van der Waals surface area (Å²) >= 11 is 6.88. The molecule has 1 aliphatic heterocycles. The highest BCUT2D eigenvalue weighted by molar-refractivity contribution is 6.24. The number of morpholine rings is 1. The highest BCUT2D eigenvalue weighted by Crippen LogP contribution is 2.63. The van der Waals surface area contributed by atoms with Crippen LogP contribution in [0.25, 0.3) is 0 Å². The summed E-state index contributed by atoms with van der Waals surface area (Å²) < 4.78 is 5.82. The Morgan fingerprint density at radius 2 is 1.80 bits per heavy atom. The summed E-state index contributed by atoms with van der Waals surface area (Å²) in [5, 5.41) is 3.30. The molecule has 0 spiro atoms. The van der Waals surface area contributed by atoms with Gasteiger partial charge in [-0.05, 0) is 71.1 Å². The Balaban J connectivity index is 1.36. The summed E-state index contributed by atoms with van der Waals surface area (Å²) in [5.41, 5.74) is -0.183. The summed E-state index contributed by atoms with van der Waals surface area (Å²) in [6.07, 6.45) is 7.08. The third kappa shape index (κ3) is 3.46. The first-order valence-electron chi connectivity index (χ1n) is 10.1. The fourth-order valence-corrected chi connectivity index (χ4v) is 7.24. The van der Waals surface area contributed by atoms with Crippen LogP contribution in [-0.4, -0.2) is 53.6 Å².